The Bertz CT molecular complexity index is 969. The second-order valence-corrected chi connectivity index (χ2v) is 6.40. The van der Waals surface area contributed by atoms with Gasteiger partial charge in [0.25, 0.3) is 5.91 Å². The van der Waals surface area contributed by atoms with Gasteiger partial charge in [-0.15, -0.1) is 0 Å². The largest absolute Gasteiger partial charge is 0.496 e. The van der Waals surface area contributed by atoms with Crippen molar-refractivity contribution in [2.24, 2.45) is 12.0 Å². The van der Waals surface area contributed by atoms with E-state index in [0.29, 0.717) is 26.9 Å². The van der Waals surface area contributed by atoms with Crippen LogP contribution < -0.4 is 14.3 Å². The Morgan fingerprint density at radius 2 is 1.75 bits per heavy atom. The number of halogens is 1. The predicted molar refractivity (Wildman–Crippen MR) is 95.2 cm³/mol. The van der Waals surface area contributed by atoms with Crippen molar-refractivity contribution in [3.8, 4) is 11.5 Å². The van der Waals surface area contributed by atoms with Crippen LogP contribution in [0.4, 0.5) is 0 Å². The molecular formula is C17H15ClN2O3S. The number of carbonyl (C=O) groups excluding carboxylic acids is 1. The second-order valence-electron chi connectivity index (χ2n) is 4.98. The van der Waals surface area contributed by atoms with Crippen molar-refractivity contribution in [3.05, 3.63) is 51.8 Å². The fourth-order valence-electron chi connectivity index (χ4n) is 2.47. The Labute approximate surface area is 147 Å². The van der Waals surface area contributed by atoms with E-state index >= 15 is 0 Å². The number of hydrogen-bond donors (Lipinski definition) is 0. The number of aromatic nitrogens is 1. The number of thiazole rings is 1. The number of nitrogens with zero attached hydrogens (tertiary/aromatic N) is 2. The molecule has 0 unspecified atom stereocenters. The summed E-state index contributed by atoms with van der Waals surface area (Å²) >= 11 is 7.64. The molecule has 0 spiro atoms. The van der Waals surface area contributed by atoms with Crippen LogP contribution in [-0.2, 0) is 7.05 Å². The first-order chi connectivity index (χ1) is 11.6. The van der Waals surface area contributed by atoms with Gasteiger partial charge in [0.15, 0.2) is 4.80 Å². The maximum atomic E-state index is 12.7. The summed E-state index contributed by atoms with van der Waals surface area (Å²) in [7, 11) is 4.84. The number of methoxy groups -OCH3 is 2. The van der Waals surface area contributed by atoms with Crippen molar-refractivity contribution in [2.75, 3.05) is 14.2 Å². The summed E-state index contributed by atoms with van der Waals surface area (Å²) in [5.74, 6) is 0.414. The van der Waals surface area contributed by atoms with Crippen LogP contribution in [0.1, 0.15) is 10.4 Å². The summed E-state index contributed by atoms with van der Waals surface area (Å²) < 4.78 is 13.3. The van der Waals surface area contributed by atoms with Crippen molar-refractivity contribution in [1.29, 1.82) is 0 Å². The molecule has 0 atom stereocenters. The second kappa shape index (κ2) is 6.67. The summed E-state index contributed by atoms with van der Waals surface area (Å²) in [5.41, 5.74) is 1.15. The van der Waals surface area contributed by atoms with Crippen LogP contribution in [0.2, 0.25) is 5.02 Å². The van der Waals surface area contributed by atoms with Crippen LogP contribution >= 0.6 is 22.9 Å². The molecule has 0 N–H and O–H groups in total. The Kier molecular flexibility index (Phi) is 4.59. The molecule has 0 fully saturated rings. The number of para-hydroxylation sites is 1. The molecule has 2 aromatic carbocycles. The SMILES string of the molecule is COc1cccc(OC)c1C(=O)N=c1sc2cccc(Cl)c2n1C. The van der Waals surface area contributed by atoms with E-state index < -0.39 is 5.91 Å². The molecule has 1 heterocycles. The molecule has 124 valence electrons. The molecule has 0 aliphatic rings. The van der Waals surface area contributed by atoms with Crippen molar-refractivity contribution in [3.63, 3.8) is 0 Å². The first-order valence-corrected chi connectivity index (χ1v) is 8.30. The molecule has 0 bridgehead atoms. The number of hydrogen-bond acceptors (Lipinski definition) is 4. The number of benzene rings is 2. The molecule has 0 saturated heterocycles. The fraction of sp³-hybridized carbons (Fsp3) is 0.176. The van der Waals surface area contributed by atoms with Gasteiger partial charge >= 0.3 is 0 Å². The third-order valence-corrected chi connectivity index (χ3v) is 5.01. The van der Waals surface area contributed by atoms with Crippen LogP contribution in [0, 0.1) is 0 Å². The van der Waals surface area contributed by atoms with Crippen LogP contribution in [-0.4, -0.2) is 24.7 Å². The molecule has 3 rings (SSSR count). The van der Waals surface area contributed by atoms with Gasteiger partial charge in [0.1, 0.15) is 17.1 Å². The van der Waals surface area contributed by atoms with Gasteiger partial charge in [-0.2, -0.15) is 4.99 Å². The summed E-state index contributed by atoms with van der Waals surface area (Å²) in [5, 5.41) is 0.620. The minimum atomic E-state index is -0.428. The Balaban J connectivity index is 2.18. The first kappa shape index (κ1) is 16.5. The van der Waals surface area contributed by atoms with Crippen molar-refractivity contribution in [1.82, 2.24) is 4.57 Å². The Hall–Kier alpha value is -2.31. The molecule has 5 nitrogen and oxygen atoms in total. The summed E-state index contributed by atoms with van der Waals surface area (Å²) in [6, 6.07) is 10.8. The zero-order valence-electron chi connectivity index (χ0n) is 13.4. The standard InChI is InChI=1S/C17H15ClN2O3S/c1-20-15-10(18)6-4-9-13(15)24-17(20)19-16(21)14-11(22-2)7-5-8-12(14)23-3/h4-9H,1-3H3. The Morgan fingerprint density at radius 3 is 2.33 bits per heavy atom. The molecular weight excluding hydrogens is 348 g/mol. The smallest absolute Gasteiger partial charge is 0.287 e. The van der Waals surface area contributed by atoms with Gasteiger partial charge in [0.05, 0.1) is 29.5 Å². The van der Waals surface area contributed by atoms with Crippen LogP contribution in [0.25, 0.3) is 10.2 Å². The van der Waals surface area contributed by atoms with E-state index in [2.05, 4.69) is 4.99 Å². The van der Waals surface area contributed by atoms with Gasteiger partial charge in [-0.05, 0) is 24.3 Å². The fourth-order valence-corrected chi connectivity index (χ4v) is 3.87. The van der Waals surface area contributed by atoms with Crippen LogP contribution in [0.3, 0.4) is 0 Å². The van der Waals surface area contributed by atoms with E-state index in [0.717, 1.165) is 10.2 Å². The molecule has 24 heavy (non-hydrogen) atoms. The summed E-state index contributed by atoms with van der Waals surface area (Å²) in [6.07, 6.45) is 0. The zero-order chi connectivity index (χ0) is 17.3. The van der Waals surface area contributed by atoms with E-state index in [1.807, 2.05) is 29.8 Å². The quantitative estimate of drug-likeness (QED) is 0.714. The highest BCUT2D eigenvalue weighted by Gasteiger charge is 2.18. The molecule has 1 aromatic heterocycles. The highest BCUT2D eigenvalue weighted by Crippen LogP contribution is 2.29. The lowest BCUT2D eigenvalue weighted by atomic mass is 10.1. The van der Waals surface area contributed by atoms with Crippen LogP contribution in [0.5, 0.6) is 11.5 Å². The predicted octanol–water partition coefficient (Wildman–Crippen LogP) is 3.65. The average Bonchev–Trinajstić information content (AvgIpc) is 2.91. The van der Waals surface area contributed by atoms with E-state index in [-0.39, 0.29) is 0 Å². The number of rotatable bonds is 3. The molecule has 0 radical (unpaired) electrons. The van der Waals surface area contributed by atoms with E-state index in [9.17, 15) is 4.79 Å². The molecule has 0 saturated carbocycles. The number of amides is 1. The zero-order valence-corrected chi connectivity index (χ0v) is 14.9. The van der Waals surface area contributed by atoms with Crippen LogP contribution in [0.15, 0.2) is 41.4 Å². The monoisotopic (exact) mass is 362 g/mol. The van der Waals surface area contributed by atoms with Gasteiger partial charge < -0.3 is 14.0 Å². The minimum Gasteiger partial charge on any atom is -0.496 e. The molecule has 0 aliphatic carbocycles. The molecule has 0 aliphatic heterocycles. The number of fused-ring (bicyclic) bond motifs is 1. The number of carbonyl (C=O) groups is 1. The third kappa shape index (κ3) is 2.79. The molecule has 3 aromatic rings. The minimum absolute atomic E-state index is 0.297. The lowest BCUT2D eigenvalue weighted by Crippen LogP contribution is -2.14. The topological polar surface area (TPSA) is 52.8 Å². The number of ether oxygens (including phenoxy) is 2. The molecule has 1 amide bonds. The maximum Gasteiger partial charge on any atom is 0.287 e. The van der Waals surface area contributed by atoms with E-state index in [4.69, 9.17) is 21.1 Å². The summed E-state index contributed by atoms with van der Waals surface area (Å²) in [6.45, 7) is 0. The van der Waals surface area contributed by atoms with Gasteiger partial charge in [0.2, 0.25) is 0 Å². The highest BCUT2D eigenvalue weighted by molar-refractivity contribution is 7.16. The van der Waals surface area contributed by atoms with Gasteiger partial charge in [-0.25, -0.2) is 0 Å². The average molecular weight is 363 g/mol. The van der Waals surface area contributed by atoms with Crippen molar-refractivity contribution in [2.45, 2.75) is 0 Å². The summed E-state index contributed by atoms with van der Waals surface area (Å²) in [4.78, 5) is 17.5. The van der Waals surface area contributed by atoms with Gasteiger partial charge in [-0.3, -0.25) is 4.79 Å². The lowest BCUT2D eigenvalue weighted by Gasteiger charge is -2.09. The van der Waals surface area contributed by atoms with E-state index in [1.165, 1.54) is 25.6 Å². The Morgan fingerprint density at radius 1 is 1.12 bits per heavy atom. The van der Waals surface area contributed by atoms with Crippen molar-refractivity contribution >= 4 is 39.1 Å². The third-order valence-electron chi connectivity index (χ3n) is 3.61. The van der Waals surface area contributed by atoms with Gasteiger partial charge in [-0.1, -0.05) is 35.1 Å². The van der Waals surface area contributed by atoms with Crippen molar-refractivity contribution < 1.29 is 14.3 Å². The highest BCUT2D eigenvalue weighted by atomic mass is 35.5. The lowest BCUT2D eigenvalue weighted by molar-refractivity contribution is 0.0992. The normalized spacial score (nSPS) is 11.8. The van der Waals surface area contributed by atoms with Gasteiger partial charge in [0, 0.05) is 7.05 Å². The molecule has 7 heteroatoms. The maximum absolute atomic E-state index is 12.7. The number of aryl methyl sites for hydroxylation is 1. The van der Waals surface area contributed by atoms with E-state index in [1.54, 1.807) is 18.2 Å². The first-order valence-electron chi connectivity index (χ1n) is 7.11.